The van der Waals surface area contributed by atoms with E-state index in [0.29, 0.717) is 31.3 Å². The van der Waals surface area contributed by atoms with Crippen molar-refractivity contribution in [1.82, 2.24) is 39.9 Å². The molecule has 0 aliphatic heterocycles. The minimum atomic E-state index is -1.40. The third-order valence-corrected chi connectivity index (χ3v) is 6.61. The number of rotatable bonds is 4. The van der Waals surface area contributed by atoms with Crippen molar-refractivity contribution in [3.05, 3.63) is 97.6 Å². The minimum absolute atomic E-state index is 0.156. The van der Waals surface area contributed by atoms with Crippen molar-refractivity contribution in [2.45, 2.75) is 0 Å². The zero-order valence-electron chi connectivity index (χ0n) is 22.0. The van der Waals surface area contributed by atoms with Gasteiger partial charge in [0.1, 0.15) is 5.15 Å². The van der Waals surface area contributed by atoms with Gasteiger partial charge >= 0.3 is 7.12 Å². The Morgan fingerprint density at radius 3 is 1.65 bits per heavy atom. The molecule has 0 fully saturated rings. The maximum Gasteiger partial charge on any atom is 0.490 e. The number of pyridine rings is 2. The summed E-state index contributed by atoms with van der Waals surface area (Å²) in [4.78, 5) is 30.4. The summed E-state index contributed by atoms with van der Waals surface area (Å²) in [6.45, 7) is 0. The highest BCUT2D eigenvalue weighted by molar-refractivity contribution is 9.10. The van der Waals surface area contributed by atoms with Gasteiger partial charge in [-0.15, -0.1) is 0 Å². The molecule has 0 aliphatic rings. The molecular formula is C24H19BBr2Cl4N8O4. The van der Waals surface area contributed by atoms with Crippen LogP contribution in [-0.2, 0) is 0 Å². The standard InChI is InChI=1S/C10H8ClN3O.C5H6BNO2.C5H4BrClN2O.C4HBrCl2N2/c1-15-9-8(6-13-10(11)14-9)7-3-2-4-12-5-7;8-6(9)5-2-1-3-7-4-5;1-10-4-3(6)2-8-5(7)9-4;5-2-1-8-4(7)9-3(2)6/h2-6H,1H3;1-4,8-9H;2H,1H3;1H. The molecule has 0 unspecified atom stereocenters. The molecule has 5 rings (SSSR count). The first-order valence-electron chi connectivity index (χ1n) is 11.3. The molecule has 0 spiro atoms. The minimum Gasteiger partial charge on any atom is -0.480 e. The van der Waals surface area contributed by atoms with E-state index in [9.17, 15) is 0 Å². The van der Waals surface area contributed by atoms with Crippen LogP contribution in [0.25, 0.3) is 11.1 Å². The van der Waals surface area contributed by atoms with Crippen molar-refractivity contribution < 1.29 is 19.5 Å². The van der Waals surface area contributed by atoms with Crippen LogP contribution >= 0.6 is 78.3 Å². The van der Waals surface area contributed by atoms with Crippen molar-refractivity contribution in [2.75, 3.05) is 14.2 Å². The summed E-state index contributed by atoms with van der Waals surface area (Å²) in [7, 11) is 1.65. The van der Waals surface area contributed by atoms with Crippen LogP contribution in [0.3, 0.4) is 0 Å². The van der Waals surface area contributed by atoms with Gasteiger partial charge in [0, 0.05) is 54.4 Å². The van der Waals surface area contributed by atoms with Gasteiger partial charge in [-0.25, -0.2) is 19.9 Å². The van der Waals surface area contributed by atoms with E-state index in [1.165, 1.54) is 25.7 Å². The van der Waals surface area contributed by atoms with E-state index >= 15 is 0 Å². The summed E-state index contributed by atoms with van der Waals surface area (Å²) >= 11 is 28.4. The second kappa shape index (κ2) is 19.5. The maximum atomic E-state index is 8.54. The second-order valence-corrected chi connectivity index (χ2v) is 10.3. The molecule has 0 atom stereocenters. The third kappa shape index (κ3) is 13.2. The summed E-state index contributed by atoms with van der Waals surface area (Å²) in [5.41, 5.74) is 2.08. The zero-order valence-corrected chi connectivity index (χ0v) is 28.2. The molecular weight excluding hydrogens is 777 g/mol. The lowest BCUT2D eigenvalue weighted by Crippen LogP contribution is -2.29. The molecule has 0 saturated heterocycles. The van der Waals surface area contributed by atoms with Gasteiger partial charge in [-0.2, -0.15) is 9.97 Å². The molecule has 43 heavy (non-hydrogen) atoms. The molecule has 224 valence electrons. The summed E-state index contributed by atoms with van der Waals surface area (Å²) < 4.78 is 11.3. The summed E-state index contributed by atoms with van der Waals surface area (Å²) in [5, 5.41) is 17.9. The predicted molar refractivity (Wildman–Crippen MR) is 172 cm³/mol. The van der Waals surface area contributed by atoms with Gasteiger partial charge in [0.25, 0.3) is 0 Å². The van der Waals surface area contributed by atoms with Gasteiger partial charge in [0.15, 0.2) is 0 Å². The third-order valence-electron chi connectivity index (χ3n) is 4.42. The van der Waals surface area contributed by atoms with Crippen LogP contribution in [0.15, 0.2) is 76.6 Å². The molecule has 19 heteroatoms. The average Bonchev–Trinajstić information content (AvgIpc) is 3.02. The molecule has 2 N–H and O–H groups in total. The highest BCUT2D eigenvalue weighted by atomic mass is 79.9. The van der Waals surface area contributed by atoms with E-state index < -0.39 is 7.12 Å². The molecule has 0 radical (unpaired) electrons. The lowest BCUT2D eigenvalue weighted by molar-refractivity contribution is 0.394. The topological polar surface area (TPSA) is 162 Å². The van der Waals surface area contributed by atoms with E-state index in [4.69, 9.17) is 65.9 Å². The summed E-state index contributed by atoms with van der Waals surface area (Å²) in [6.07, 6.45) is 11.1. The molecule has 12 nitrogen and oxygen atoms in total. The van der Waals surface area contributed by atoms with Crippen LogP contribution < -0.4 is 14.9 Å². The first-order chi connectivity index (χ1) is 20.5. The number of ether oxygens (including phenoxy) is 2. The first kappa shape index (κ1) is 36.4. The monoisotopic (exact) mass is 792 g/mol. The number of methoxy groups -OCH3 is 2. The first-order valence-corrected chi connectivity index (χ1v) is 14.4. The number of halogens is 6. The summed E-state index contributed by atoms with van der Waals surface area (Å²) in [6, 6.07) is 6.98. The van der Waals surface area contributed by atoms with Gasteiger partial charge < -0.3 is 19.5 Å². The molecule has 0 bridgehead atoms. The Morgan fingerprint density at radius 2 is 1.21 bits per heavy atom. The largest absolute Gasteiger partial charge is 0.490 e. The van der Waals surface area contributed by atoms with E-state index in [2.05, 4.69) is 71.7 Å². The van der Waals surface area contributed by atoms with Crippen LogP contribution in [0, 0.1) is 0 Å². The van der Waals surface area contributed by atoms with Crippen LogP contribution in [0.4, 0.5) is 0 Å². The SMILES string of the molecule is COc1nc(Cl)ncc1-c1cccnc1.COc1nc(Cl)ncc1Br.Clc1ncc(Br)c(Cl)n1.OB(O)c1cccnc1. The average molecular weight is 796 g/mol. The van der Waals surface area contributed by atoms with Gasteiger partial charge in [0.2, 0.25) is 27.6 Å². The Bertz CT molecular complexity index is 1570. The fourth-order valence-electron chi connectivity index (χ4n) is 2.55. The van der Waals surface area contributed by atoms with Crippen LogP contribution in [0.5, 0.6) is 11.8 Å². The Hall–Kier alpha value is -2.76. The number of aromatic nitrogens is 8. The molecule has 0 saturated carbocycles. The van der Waals surface area contributed by atoms with Gasteiger partial charge in [-0.1, -0.05) is 23.7 Å². The Kier molecular flexibility index (Phi) is 16.5. The molecule has 5 aromatic rings. The van der Waals surface area contributed by atoms with Crippen molar-refractivity contribution in [1.29, 1.82) is 0 Å². The van der Waals surface area contributed by atoms with Crippen molar-refractivity contribution >= 4 is 90.8 Å². The van der Waals surface area contributed by atoms with Gasteiger partial charge in [-0.3, -0.25) is 9.97 Å². The fraction of sp³-hybridized carbons (Fsp3) is 0.0833. The summed E-state index contributed by atoms with van der Waals surface area (Å²) in [5.74, 6) is 0.892. The van der Waals surface area contributed by atoms with E-state index in [-0.39, 0.29) is 15.9 Å². The van der Waals surface area contributed by atoms with Gasteiger partial charge in [0.05, 0.1) is 28.7 Å². The second-order valence-electron chi connectivity index (χ2n) is 7.24. The Balaban J connectivity index is 0.000000206. The lowest BCUT2D eigenvalue weighted by Gasteiger charge is -2.05. The molecule has 5 aromatic heterocycles. The number of hydrogen-bond donors (Lipinski definition) is 2. The van der Waals surface area contributed by atoms with Gasteiger partial charge in [-0.05, 0) is 78.8 Å². The fourth-order valence-corrected chi connectivity index (χ4v) is 3.65. The van der Waals surface area contributed by atoms with E-state index in [1.54, 1.807) is 44.0 Å². The smallest absolute Gasteiger partial charge is 0.480 e. The lowest BCUT2D eigenvalue weighted by atomic mass is 9.82. The molecule has 5 heterocycles. The highest BCUT2D eigenvalue weighted by Crippen LogP contribution is 2.27. The molecule has 0 aliphatic carbocycles. The highest BCUT2D eigenvalue weighted by Gasteiger charge is 2.09. The quantitative estimate of drug-likeness (QED) is 0.135. The van der Waals surface area contributed by atoms with Crippen LogP contribution in [-0.4, -0.2) is 71.3 Å². The maximum absolute atomic E-state index is 8.54. The van der Waals surface area contributed by atoms with Crippen molar-refractivity contribution in [3.63, 3.8) is 0 Å². The number of nitrogens with zero attached hydrogens (tertiary/aromatic N) is 8. The van der Waals surface area contributed by atoms with Crippen LogP contribution in [0.1, 0.15) is 0 Å². The molecule has 0 aromatic carbocycles. The van der Waals surface area contributed by atoms with Crippen molar-refractivity contribution in [3.8, 4) is 22.9 Å². The van der Waals surface area contributed by atoms with Crippen LogP contribution in [0.2, 0.25) is 21.0 Å². The number of hydrogen-bond acceptors (Lipinski definition) is 12. The molecule has 0 amide bonds. The van der Waals surface area contributed by atoms with E-state index in [1.807, 2.05) is 12.1 Å². The Morgan fingerprint density at radius 1 is 0.674 bits per heavy atom. The zero-order chi connectivity index (χ0) is 31.8. The van der Waals surface area contributed by atoms with E-state index in [0.717, 1.165) is 11.1 Å². The Labute approximate surface area is 283 Å². The normalized spacial score (nSPS) is 9.63. The predicted octanol–water partition coefficient (Wildman–Crippen LogP) is 5.41. The van der Waals surface area contributed by atoms with Crippen molar-refractivity contribution in [2.24, 2.45) is 0 Å².